The van der Waals surface area contributed by atoms with E-state index in [2.05, 4.69) is 17.4 Å². The lowest BCUT2D eigenvalue weighted by Gasteiger charge is -2.09. The van der Waals surface area contributed by atoms with Crippen molar-refractivity contribution in [2.75, 3.05) is 13.2 Å². The van der Waals surface area contributed by atoms with E-state index in [9.17, 15) is 9.59 Å². The van der Waals surface area contributed by atoms with Gasteiger partial charge in [0.25, 0.3) is 11.8 Å². The molecule has 6 nitrogen and oxygen atoms in total. The van der Waals surface area contributed by atoms with Crippen molar-refractivity contribution in [3.8, 4) is 11.5 Å². The van der Waals surface area contributed by atoms with Crippen molar-refractivity contribution in [2.24, 2.45) is 0 Å². The van der Waals surface area contributed by atoms with Crippen molar-refractivity contribution in [3.63, 3.8) is 0 Å². The Hall–Kier alpha value is -3.28. The van der Waals surface area contributed by atoms with Crippen molar-refractivity contribution in [1.29, 1.82) is 0 Å². The molecule has 2 N–H and O–H groups in total. The van der Waals surface area contributed by atoms with Gasteiger partial charge >= 0.3 is 0 Å². The van der Waals surface area contributed by atoms with Gasteiger partial charge in [0.05, 0.1) is 6.61 Å². The summed E-state index contributed by atoms with van der Waals surface area (Å²) >= 11 is 0. The van der Waals surface area contributed by atoms with Gasteiger partial charge in [0.1, 0.15) is 18.1 Å². The highest BCUT2D eigenvalue weighted by Gasteiger charge is 2.10. The van der Waals surface area contributed by atoms with E-state index in [1.807, 2.05) is 6.92 Å². The summed E-state index contributed by atoms with van der Waals surface area (Å²) in [4.78, 5) is 24.2. The fraction of sp³-hybridized carbons (Fsp3) is 0.158. The molecule has 25 heavy (non-hydrogen) atoms. The molecule has 0 aliphatic rings. The van der Waals surface area contributed by atoms with Crippen LogP contribution in [-0.2, 0) is 0 Å². The van der Waals surface area contributed by atoms with Gasteiger partial charge in [-0.1, -0.05) is 18.7 Å². The van der Waals surface area contributed by atoms with E-state index < -0.39 is 11.8 Å². The molecule has 0 fully saturated rings. The van der Waals surface area contributed by atoms with Crippen LogP contribution < -0.4 is 20.3 Å². The molecule has 0 unspecified atom stereocenters. The number of benzene rings is 2. The van der Waals surface area contributed by atoms with Crippen molar-refractivity contribution >= 4 is 11.8 Å². The van der Waals surface area contributed by atoms with Crippen LogP contribution in [0.3, 0.4) is 0 Å². The third-order valence-electron chi connectivity index (χ3n) is 3.18. The SMILES string of the molecule is C=CCOc1ccc(C(=O)NNC(=O)c2cccc(OCC)c2)cc1. The summed E-state index contributed by atoms with van der Waals surface area (Å²) in [6.45, 7) is 6.33. The van der Waals surface area contributed by atoms with E-state index >= 15 is 0 Å². The maximum atomic E-state index is 12.1. The quantitative estimate of drug-likeness (QED) is 0.600. The Kier molecular flexibility index (Phi) is 6.59. The van der Waals surface area contributed by atoms with Crippen LogP contribution in [0.2, 0.25) is 0 Å². The lowest BCUT2D eigenvalue weighted by Crippen LogP contribution is -2.41. The zero-order valence-electron chi connectivity index (χ0n) is 14.0. The second-order valence-electron chi connectivity index (χ2n) is 4.99. The zero-order valence-corrected chi connectivity index (χ0v) is 14.0. The summed E-state index contributed by atoms with van der Waals surface area (Å²) in [5, 5.41) is 0. The first kappa shape index (κ1) is 18.1. The fourth-order valence-electron chi connectivity index (χ4n) is 2.01. The zero-order chi connectivity index (χ0) is 18.1. The van der Waals surface area contributed by atoms with Gasteiger partial charge in [0.15, 0.2) is 0 Å². The normalized spacial score (nSPS) is 9.80. The minimum absolute atomic E-state index is 0.388. The Bertz CT molecular complexity index is 741. The second-order valence-corrected chi connectivity index (χ2v) is 4.99. The van der Waals surface area contributed by atoms with Gasteiger partial charge in [-0.3, -0.25) is 20.4 Å². The van der Waals surface area contributed by atoms with Crippen LogP contribution in [0.15, 0.2) is 61.2 Å². The lowest BCUT2D eigenvalue weighted by molar-refractivity contribution is 0.0846. The summed E-state index contributed by atoms with van der Waals surface area (Å²) in [6, 6.07) is 13.3. The molecule has 0 saturated carbocycles. The van der Waals surface area contributed by atoms with E-state index in [1.54, 1.807) is 54.6 Å². The second kappa shape index (κ2) is 9.12. The number of ether oxygens (including phenoxy) is 2. The fourth-order valence-corrected chi connectivity index (χ4v) is 2.01. The van der Waals surface area contributed by atoms with Crippen LogP contribution in [0.5, 0.6) is 11.5 Å². The van der Waals surface area contributed by atoms with Gasteiger partial charge < -0.3 is 9.47 Å². The first-order chi connectivity index (χ1) is 12.1. The Balaban J connectivity index is 1.91. The van der Waals surface area contributed by atoms with Crippen LogP contribution in [0, 0.1) is 0 Å². The molecule has 2 aromatic rings. The third-order valence-corrected chi connectivity index (χ3v) is 3.18. The predicted octanol–water partition coefficient (Wildman–Crippen LogP) is 2.72. The van der Waals surface area contributed by atoms with Gasteiger partial charge in [-0.15, -0.1) is 0 Å². The number of amides is 2. The summed E-state index contributed by atoms with van der Waals surface area (Å²) in [5.41, 5.74) is 5.54. The molecule has 0 heterocycles. The van der Waals surface area contributed by atoms with Gasteiger partial charge in [0.2, 0.25) is 0 Å². The molecule has 0 spiro atoms. The summed E-state index contributed by atoms with van der Waals surface area (Å²) in [6.07, 6.45) is 1.64. The van der Waals surface area contributed by atoms with E-state index in [1.165, 1.54) is 0 Å². The van der Waals surface area contributed by atoms with Crippen molar-refractivity contribution < 1.29 is 19.1 Å². The van der Waals surface area contributed by atoms with E-state index in [0.29, 0.717) is 35.8 Å². The number of carbonyl (C=O) groups excluding carboxylic acids is 2. The lowest BCUT2D eigenvalue weighted by atomic mass is 10.2. The molecule has 2 rings (SSSR count). The molecule has 0 radical (unpaired) electrons. The Morgan fingerprint density at radius 1 is 0.960 bits per heavy atom. The molecule has 0 bridgehead atoms. The molecule has 130 valence electrons. The third kappa shape index (κ3) is 5.39. The molecule has 0 saturated heterocycles. The molecule has 2 amide bonds. The van der Waals surface area contributed by atoms with Gasteiger partial charge in [-0.2, -0.15) is 0 Å². The highest BCUT2D eigenvalue weighted by atomic mass is 16.5. The monoisotopic (exact) mass is 340 g/mol. The first-order valence-corrected chi connectivity index (χ1v) is 7.81. The van der Waals surface area contributed by atoms with Crippen LogP contribution in [0.1, 0.15) is 27.6 Å². The first-order valence-electron chi connectivity index (χ1n) is 7.81. The summed E-state index contributed by atoms with van der Waals surface area (Å²) in [7, 11) is 0. The van der Waals surface area contributed by atoms with E-state index in [0.717, 1.165) is 0 Å². The van der Waals surface area contributed by atoms with Gasteiger partial charge in [-0.05, 0) is 49.4 Å². The number of carbonyl (C=O) groups is 2. The largest absolute Gasteiger partial charge is 0.494 e. The molecular formula is C19H20N2O4. The van der Waals surface area contributed by atoms with Crippen molar-refractivity contribution in [3.05, 3.63) is 72.3 Å². The van der Waals surface area contributed by atoms with Crippen LogP contribution in [0.4, 0.5) is 0 Å². The predicted molar refractivity (Wildman–Crippen MR) is 94.7 cm³/mol. The number of rotatable bonds is 7. The Morgan fingerprint density at radius 3 is 2.28 bits per heavy atom. The molecule has 0 atom stereocenters. The smallest absolute Gasteiger partial charge is 0.269 e. The minimum atomic E-state index is -0.430. The number of hydrogen-bond donors (Lipinski definition) is 2. The molecule has 0 aromatic heterocycles. The van der Waals surface area contributed by atoms with Crippen LogP contribution in [0.25, 0.3) is 0 Å². The maximum Gasteiger partial charge on any atom is 0.269 e. The Labute approximate surface area is 146 Å². The maximum absolute atomic E-state index is 12.1. The molecule has 2 aromatic carbocycles. The van der Waals surface area contributed by atoms with Crippen molar-refractivity contribution in [2.45, 2.75) is 6.92 Å². The number of nitrogens with one attached hydrogen (secondary N) is 2. The Morgan fingerprint density at radius 2 is 1.64 bits per heavy atom. The highest BCUT2D eigenvalue weighted by Crippen LogP contribution is 2.13. The van der Waals surface area contributed by atoms with Gasteiger partial charge in [-0.25, -0.2) is 0 Å². The van der Waals surface area contributed by atoms with Gasteiger partial charge in [0, 0.05) is 11.1 Å². The van der Waals surface area contributed by atoms with Crippen molar-refractivity contribution in [1.82, 2.24) is 10.9 Å². The topological polar surface area (TPSA) is 76.7 Å². The standard InChI is InChI=1S/C19H20N2O4/c1-3-12-25-16-10-8-14(9-11-16)18(22)20-21-19(23)15-6-5-7-17(13-15)24-4-2/h3,5-11,13H,1,4,12H2,2H3,(H,20,22)(H,21,23). The van der Waals surface area contributed by atoms with E-state index in [-0.39, 0.29) is 0 Å². The number of hydrazine groups is 1. The average molecular weight is 340 g/mol. The molecule has 0 aliphatic carbocycles. The van der Waals surface area contributed by atoms with Crippen LogP contribution >= 0.6 is 0 Å². The molecule has 6 heteroatoms. The molecular weight excluding hydrogens is 320 g/mol. The molecule has 0 aliphatic heterocycles. The summed E-state index contributed by atoms with van der Waals surface area (Å²) < 4.78 is 10.7. The number of hydrogen-bond acceptors (Lipinski definition) is 4. The van der Waals surface area contributed by atoms with Crippen LogP contribution in [-0.4, -0.2) is 25.0 Å². The van der Waals surface area contributed by atoms with E-state index in [4.69, 9.17) is 9.47 Å². The summed E-state index contributed by atoms with van der Waals surface area (Å²) in [5.74, 6) is 0.371. The highest BCUT2D eigenvalue weighted by molar-refractivity contribution is 5.99. The average Bonchev–Trinajstić information content (AvgIpc) is 2.65. The minimum Gasteiger partial charge on any atom is -0.494 e.